The van der Waals surface area contributed by atoms with Gasteiger partial charge in [0.25, 0.3) is 0 Å². The van der Waals surface area contributed by atoms with Crippen molar-refractivity contribution in [1.82, 2.24) is 19.4 Å². The number of ether oxygens (including phenoxy) is 1. The minimum atomic E-state index is -0.474. The van der Waals surface area contributed by atoms with Crippen LogP contribution in [0.4, 0.5) is 0 Å². The third-order valence-electron chi connectivity index (χ3n) is 8.51. The standard InChI is InChI=1S/C34H35N5O2.2ClH/c35-22-27-11-13-28(14-12-27)24-39-26-36-23-30(39)25-37-17-19-38(20-18-37)33(40)34(15-4-5-16-34)29-7-6-10-32(21-29)41-31-8-2-1-3-9-31;;/h1-3,6-14,21,23,26H,4-5,15-20,24-25H2;2*1H. The van der Waals surface area contributed by atoms with Gasteiger partial charge in [-0.25, -0.2) is 4.98 Å². The van der Waals surface area contributed by atoms with E-state index in [9.17, 15) is 4.79 Å². The van der Waals surface area contributed by atoms with Gasteiger partial charge in [0.2, 0.25) is 5.91 Å². The molecule has 1 saturated carbocycles. The molecule has 1 aromatic heterocycles. The number of amides is 1. The van der Waals surface area contributed by atoms with Crippen LogP contribution in [0.3, 0.4) is 0 Å². The number of para-hydroxylation sites is 1. The van der Waals surface area contributed by atoms with Gasteiger partial charge in [0.15, 0.2) is 0 Å². The van der Waals surface area contributed by atoms with Crippen LogP contribution < -0.4 is 4.74 Å². The molecule has 0 unspecified atom stereocenters. The first-order chi connectivity index (χ1) is 20.1. The molecule has 0 bridgehead atoms. The quantitative estimate of drug-likeness (QED) is 0.223. The second-order valence-corrected chi connectivity index (χ2v) is 11.1. The number of halogens is 2. The van der Waals surface area contributed by atoms with Gasteiger partial charge in [0.05, 0.1) is 29.1 Å². The molecule has 224 valence electrons. The predicted octanol–water partition coefficient (Wildman–Crippen LogP) is 6.60. The molecule has 2 aliphatic rings. The lowest BCUT2D eigenvalue weighted by Gasteiger charge is -2.40. The molecule has 0 atom stereocenters. The van der Waals surface area contributed by atoms with Crippen molar-refractivity contribution in [1.29, 1.82) is 5.26 Å². The Morgan fingerprint density at radius 3 is 2.26 bits per heavy atom. The third kappa shape index (κ3) is 7.22. The molecule has 2 fully saturated rings. The maximum atomic E-state index is 14.2. The molecule has 7 nitrogen and oxygen atoms in total. The summed E-state index contributed by atoms with van der Waals surface area (Å²) in [5, 5.41) is 9.06. The normalized spacial score (nSPS) is 16.0. The molecule has 2 heterocycles. The Hall–Kier alpha value is -3.83. The number of nitrogens with zero attached hydrogens (tertiary/aromatic N) is 5. The maximum absolute atomic E-state index is 14.2. The van der Waals surface area contributed by atoms with E-state index in [0.29, 0.717) is 5.56 Å². The summed E-state index contributed by atoms with van der Waals surface area (Å²) in [6, 6.07) is 27.8. The fraction of sp³-hybridized carbons (Fsp3) is 0.324. The summed E-state index contributed by atoms with van der Waals surface area (Å²) in [6.45, 7) is 4.63. The molecule has 1 aliphatic carbocycles. The molecule has 4 aromatic rings. The third-order valence-corrected chi connectivity index (χ3v) is 8.51. The molecule has 43 heavy (non-hydrogen) atoms. The van der Waals surface area contributed by atoms with Crippen molar-refractivity contribution in [2.24, 2.45) is 0 Å². The lowest BCUT2D eigenvalue weighted by molar-refractivity contribution is -0.139. The lowest BCUT2D eigenvalue weighted by atomic mass is 9.77. The highest BCUT2D eigenvalue weighted by atomic mass is 35.5. The number of carbonyl (C=O) groups is 1. The van der Waals surface area contributed by atoms with Gasteiger partial charge in [-0.05, 0) is 60.4 Å². The van der Waals surface area contributed by atoms with Crippen molar-refractivity contribution in [2.45, 2.75) is 44.2 Å². The predicted molar refractivity (Wildman–Crippen MR) is 172 cm³/mol. The van der Waals surface area contributed by atoms with Crippen LogP contribution >= 0.6 is 24.8 Å². The van der Waals surface area contributed by atoms with Crippen LogP contribution in [-0.2, 0) is 23.3 Å². The summed E-state index contributed by atoms with van der Waals surface area (Å²) in [7, 11) is 0. The maximum Gasteiger partial charge on any atom is 0.233 e. The monoisotopic (exact) mass is 617 g/mol. The van der Waals surface area contributed by atoms with Gasteiger partial charge in [-0.15, -0.1) is 24.8 Å². The zero-order valence-electron chi connectivity index (χ0n) is 24.1. The smallest absolute Gasteiger partial charge is 0.233 e. The number of imidazole rings is 1. The summed E-state index contributed by atoms with van der Waals surface area (Å²) in [5.41, 5.74) is 3.55. The highest BCUT2D eigenvalue weighted by molar-refractivity contribution is 5.89. The fourth-order valence-corrected chi connectivity index (χ4v) is 6.23. The Morgan fingerprint density at radius 2 is 1.56 bits per heavy atom. The number of hydrogen-bond donors (Lipinski definition) is 0. The summed E-state index contributed by atoms with van der Waals surface area (Å²) >= 11 is 0. The molecule has 6 rings (SSSR count). The Labute approximate surface area is 265 Å². The summed E-state index contributed by atoms with van der Waals surface area (Å²) in [6.07, 6.45) is 7.70. The molecule has 0 N–H and O–H groups in total. The highest BCUT2D eigenvalue weighted by Crippen LogP contribution is 2.44. The average molecular weight is 619 g/mol. The number of piperazine rings is 1. The van der Waals surface area contributed by atoms with E-state index < -0.39 is 5.41 Å². The molecule has 9 heteroatoms. The van der Waals surface area contributed by atoms with E-state index in [4.69, 9.17) is 10.00 Å². The van der Waals surface area contributed by atoms with Gasteiger partial charge < -0.3 is 14.2 Å². The van der Waals surface area contributed by atoms with Crippen LogP contribution in [0.15, 0.2) is 91.4 Å². The first-order valence-electron chi connectivity index (χ1n) is 14.5. The number of aromatic nitrogens is 2. The largest absolute Gasteiger partial charge is 0.457 e. The SMILES string of the molecule is Cl.Cl.N#Cc1ccc(Cn2cncc2CN2CCN(C(=O)C3(c4cccc(Oc5ccccc5)c4)CCCC3)CC2)cc1. The molecular weight excluding hydrogens is 581 g/mol. The zero-order valence-corrected chi connectivity index (χ0v) is 25.7. The van der Waals surface area contributed by atoms with Crippen LogP contribution in [-0.4, -0.2) is 51.4 Å². The van der Waals surface area contributed by atoms with E-state index in [-0.39, 0.29) is 30.7 Å². The fourth-order valence-electron chi connectivity index (χ4n) is 6.23. The van der Waals surface area contributed by atoms with Crippen LogP contribution in [0.1, 0.15) is 48.1 Å². The topological polar surface area (TPSA) is 74.4 Å². The summed E-state index contributed by atoms with van der Waals surface area (Å²) in [4.78, 5) is 23.0. The van der Waals surface area contributed by atoms with Crippen molar-refractivity contribution in [3.05, 3.63) is 114 Å². The molecular formula is C34H37Cl2N5O2. The molecule has 1 saturated heterocycles. The first-order valence-corrected chi connectivity index (χ1v) is 14.5. The molecule has 3 aromatic carbocycles. The van der Waals surface area contributed by atoms with Gasteiger partial charge >= 0.3 is 0 Å². The Kier molecular flexibility index (Phi) is 10.9. The van der Waals surface area contributed by atoms with E-state index in [1.807, 2.05) is 79.3 Å². The van der Waals surface area contributed by atoms with Gasteiger partial charge in [-0.1, -0.05) is 55.3 Å². The van der Waals surface area contributed by atoms with Crippen LogP contribution in [0.25, 0.3) is 0 Å². The lowest BCUT2D eigenvalue weighted by Crippen LogP contribution is -2.53. The van der Waals surface area contributed by atoms with Gasteiger partial charge in [-0.2, -0.15) is 5.26 Å². The number of carbonyl (C=O) groups excluding carboxylic acids is 1. The van der Waals surface area contributed by atoms with E-state index in [2.05, 4.69) is 37.6 Å². The van der Waals surface area contributed by atoms with Crippen molar-refractivity contribution >= 4 is 30.7 Å². The van der Waals surface area contributed by atoms with Crippen molar-refractivity contribution in [2.75, 3.05) is 26.2 Å². The van der Waals surface area contributed by atoms with Crippen molar-refractivity contribution in [3.8, 4) is 17.6 Å². The molecule has 0 spiro atoms. The van der Waals surface area contributed by atoms with Gasteiger partial charge in [0.1, 0.15) is 11.5 Å². The second-order valence-electron chi connectivity index (χ2n) is 11.1. The van der Waals surface area contributed by atoms with Crippen LogP contribution in [0.2, 0.25) is 0 Å². The van der Waals surface area contributed by atoms with Crippen molar-refractivity contribution in [3.63, 3.8) is 0 Å². The summed E-state index contributed by atoms with van der Waals surface area (Å²) in [5.74, 6) is 1.83. The Balaban J connectivity index is 0.00000212. The molecule has 1 amide bonds. The molecule has 1 aliphatic heterocycles. The Bertz CT molecular complexity index is 1520. The van der Waals surface area contributed by atoms with E-state index in [1.165, 1.54) is 0 Å². The highest BCUT2D eigenvalue weighted by Gasteiger charge is 2.45. The summed E-state index contributed by atoms with van der Waals surface area (Å²) < 4.78 is 8.28. The zero-order chi connectivity index (χ0) is 28.1. The van der Waals surface area contributed by atoms with Crippen molar-refractivity contribution < 1.29 is 9.53 Å². The number of nitriles is 1. The van der Waals surface area contributed by atoms with E-state index in [1.54, 1.807) is 0 Å². The van der Waals surface area contributed by atoms with Crippen LogP contribution in [0.5, 0.6) is 11.5 Å². The Morgan fingerprint density at radius 1 is 0.860 bits per heavy atom. The number of benzene rings is 3. The van der Waals surface area contributed by atoms with E-state index >= 15 is 0 Å². The first kappa shape index (κ1) is 32.1. The minimum absolute atomic E-state index is 0. The van der Waals surface area contributed by atoms with Gasteiger partial charge in [-0.3, -0.25) is 9.69 Å². The average Bonchev–Trinajstić information content (AvgIpc) is 3.69. The van der Waals surface area contributed by atoms with Gasteiger partial charge in [0, 0.05) is 45.5 Å². The number of rotatable bonds is 8. The minimum Gasteiger partial charge on any atom is -0.457 e. The number of hydrogen-bond acceptors (Lipinski definition) is 5. The van der Waals surface area contributed by atoms with E-state index in [0.717, 1.165) is 93.3 Å². The molecule has 0 radical (unpaired) electrons. The second kappa shape index (κ2) is 14.6. The van der Waals surface area contributed by atoms with Crippen LogP contribution in [0, 0.1) is 11.3 Å².